The number of amides is 2. The second-order valence-corrected chi connectivity index (χ2v) is 5.96. The van der Waals surface area contributed by atoms with Crippen molar-refractivity contribution in [1.29, 1.82) is 0 Å². The first-order valence-corrected chi connectivity index (χ1v) is 9.17. The van der Waals surface area contributed by atoms with Gasteiger partial charge in [-0.15, -0.1) is 0 Å². The van der Waals surface area contributed by atoms with Crippen molar-refractivity contribution >= 4 is 17.8 Å². The van der Waals surface area contributed by atoms with Gasteiger partial charge in [0.2, 0.25) is 11.9 Å². The molecule has 2 aromatic rings. The van der Waals surface area contributed by atoms with Gasteiger partial charge >= 0.3 is 0 Å². The summed E-state index contributed by atoms with van der Waals surface area (Å²) in [4.78, 5) is 30.7. The Morgan fingerprint density at radius 1 is 1.04 bits per heavy atom. The predicted octanol–water partition coefficient (Wildman–Crippen LogP) is 0.552. The van der Waals surface area contributed by atoms with E-state index in [0.29, 0.717) is 19.1 Å². The second-order valence-electron chi connectivity index (χ2n) is 5.96. The van der Waals surface area contributed by atoms with Gasteiger partial charge in [0, 0.05) is 12.7 Å². The number of anilines is 1. The van der Waals surface area contributed by atoms with Crippen LogP contribution in [0, 0.1) is 0 Å². The lowest BCUT2D eigenvalue weighted by Crippen LogP contribution is -2.33. The van der Waals surface area contributed by atoms with Crippen molar-refractivity contribution in [3.63, 3.8) is 0 Å². The van der Waals surface area contributed by atoms with Crippen molar-refractivity contribution in [2.24, 2.45) is 5.73 Å². The minimum Gasteiger partial charge on any atom is -0.494 e. The van der Waals surface area contributed by atoms with Gasteiger partial charge in [0.1, 0.15) is 11.4 Å². The number of carbonyl (C=O) groups excluding carboxylic acids is 2. The zero-order valence-corrected chi connectivity index (χ0v) is 15.7. The average Bonchev–Trinajstić information content (AvgIpc) is 2.71. The van der Waals surface area contributed by atoms with Crippen LogP contribution in [0.15, 0.2) is 42.6 Å². The van der Waals surface area contributed by atoms with E-state index in [9.17, 15) is 9.59 Å². The van der Waals surface area contributed by atoms with E-state index >= 15 is 0 Å². The highest BCUT2D eigenvalue weighted by Gasteiger charge is 2.09. The van der Waals surface area contributed by atoms with Crippen LogP contribution in [0.25, 0.3) is 0 Å². The summed E-state index contributed by atoms with van der Waals surface area (Å²) in [5.74, 6) is 0.170. The van der Waals surface area contributed by atoms with Gasteiger partial charge in [-0.2, -0.15) is 0 Å². The number of hydrogen-bond donors (Lipinski definition) is 4. The van der Waals surface area contributed by atoms with Gasteiger partial charge in [0.25, 0.3) is 5.91 Å². The number of carbonyl (C=O) groups is 2. The van der Waals surface area contributed by atoms with Crippen LogP contribution in [-0.4, -0.2) is 54.6 Å². The van der Waals surface area contributed by atoms with E-state index in [1.54, 1.807) is 0 Å². The first-order valence-electron chi connectivity index (χ1n) is 9.17. The maximum Gasteiger partial charge on any atom is 0.270 e. The highest BCUT2D eigenvalue weighted by Crippen LogP contribution is 2.08. The number of ether oxygens (including phenoxy) is 1. The number of nitrogens with one attached hydrogen (secondary N) is 3. The highest BCUT2D eigenvalue weighted by molar-refractivity contribution is 5.94. The van der Waals surface area contributed by atoms with Crippen LogP contribution >= 0.6 is 0 Å². The van der Waals surface area contributed by atoms with E-state index in [1.807, 2.05) is 30.3 Å². The lowest BCUT2D eigenvalue weighted by atomic mass is 10.3. The molecule has 0 aliphatic carbocycles. The molecule has 28 heavy (non-hydrogen) atoms. The van der Waals surface area contributed by atoms with E-state index < -0.39 is 11.8 Å². The monoisotopic (exact) mass is 386 g/mol. The third-order valence-corrected chi connectivity index (χ3v) is 3.63. The molecule has 0 unspecified atom stereocenters. The molecular weight excluding hydrogens is 360 g/mol. The van der Waals surface area contributed by atoms with E-state index in [4.69, 9.17) is 10.5 Å². The zero-order chi connectivity index (χ0) is 20.0. The van der Waals surface area contributed by atoms with Gasteiger partial charge in [-0.05, 0) is 44.1 Å². The van der Waals surface area contributed by atoms with Gasteiger partial charge in [-0.25, -0.2) is 9.97 Å². The maximum absolute atomic E-state index is 11.8. The molecule has 0 saturated heterocycles. The molecule has 1 aromatic heterocycles. The van der Waals surface area contributed by atoms with Gasteiger partial charge in [0.15, 0.2) is 0 Å². The number of nitrogens with zero attached hydrogens (tertiary/aromatic N) is 2. The van der Waals surface area contributed by atoms with Crippen LogP contribution in [0.5, 0.6) is 5.75 Å². The van der Waals surface area contributed by atoms with E-state index in [0.717, 1.165) is 31.7 Å². The summed E-state index contributed by atoms with van der Waals surface area (Å²) < 4.78 is 5.63. The molecule has 2 rings (SSSR count). The largest absolute Gasteiger partial charge is 0.494 e. The van der Waals surface area contributed by atoms with Crippen LogP contribution in [0.3, 0.4) is 0 Å². The number of rotatable bonds is 13. The molecule has 1 aromatic carbocycles. The van der Waals surface area contributed by atoms with Crippen molar-refractivity contribution in [2.45, 2.75) is 12.8 Å². The van der Waals surface area contributed by atoms with Gasteiger partial charge < -0.3 is 26.4 Å². The van der Waals surface area contributed by atoms with E-state index in [1.165, 1.54) is 12.3 Å². The lowest BCUT2D eigenvalue weighted by Gasteiger charge is -2.08. The number of para-hydroxylation sites is 1. The molecule has 0 radical (unpaired) electrons. The topological polar surface area (TPSA) is 131 Å². The molecule has 9 nitrogen and oxygen atoms in total. The van der Waals surface area contributed by atoms with E-state index in [-0.39, 0.29) is 12.2 Å². The lowest BCUT2D eigenvalue weighted by molar-refractivity contribution is -0.117. The second kappa shape index (κ2) is 12.2. The molecular formula is C19H26N6O3. The summed E-state index contributed by atoms with van der Waals surface area (Å²) in [6.07, 6.45) is 3.29. The Balaban J connectivity index is 1.54. The average molecular weight is 386 g/mol. The number of benzene rings is 1. The first-order chi connectivity index (χ1) is 13.6. The standard InChI is InChI=1S/C19H26N6O3/c20-17(26)14-24-18(27)16-8-12-23-19(25-16)22-11-4-9-21-10-5-13-28-15-6-2-1-3-7-15/h1-3,6-8,12,21H,4-5,9-11,13-14H2,(H2,20,26)(H,24,27)(H,22,23,25). The molecule has 0 aliphatic rings. The van der Waals surface area contributed by atoms with Crippen molar-refractivity contribution in [1.82, 2.24) is 20.6 Å². The number of nitrogens with two attached hydrogens (primary N) is 1. The predicted molar refractivity (Wildman–Crippen MR) is 106 cm³/mol. The fourth-order valence-corrected chi connectivity index (χ4v) is 2.27. The van der Waals surface area contributed by atoms with Crippen molar-refractivity contribution < 1.29 is 14.3 Å². The van der Waals surface area contributed by atoms with Crippen LogP contribution in [-0.2, 0) is 4.79 Å². The van der Waals surface area contributed by atoms with Crippen LogP contribution in [0.1, 0.15) is 23.3 Å². The Bertz CT molecular complexity index is 741. The Labute approximate surface area is 164 Å². The van der Waals surface area contributed by atoms with Crippen LogP contribution in [0.2, 0.25) is 0 Å². The molecule has 0 aliphatic heterocycles. The summed E-state index contributed by atoms with van der Waals surface area (Å²) in [5.41, 5.74) is 5.17. The highest BCUT2D eigenvalue weighted by atomic mass is 16.5. The van der Waals surface area contributed by atoms with Crippen molar-refractivity contribution in [3.8, 4) is 5.75 Å². The number of primary amides is 1. The van der Waals surface area contributed by atoms with Gasteiger partial charge in [0.05, 0.1) is 13.2 Å². The van der Waals surface area contributed by atoms with Gasteiger partial charge in [-0.3, -0.25) is 9.59 Å². The molecule has 5 N–H and O–H groups in total. The number of aromatic nitrogens is 2. The molecule has 1 heterocycles. The molecule has 150 valence electrons. The third-order valence-electron chi connectivity index (χ3n) is 3.63. The smallest absolute Gasteiger partial charge is 0.270 e. The molecule has 0 fully saturated rings. The van der Waals surface area contributed by atoms with Crippen LogP contribution in [0.4, 0.5) is 5.95 Å². The fraction of sp³-hybridized carbons (Fsp3) is 0.368. The van der Waals surface area contributed by atoms with Crippen LogP contribution < -0.4 is 26.4 Å². The quantitative estimate of drug-likeness (QED) is 0.370. The Kier molecular flexibility index (Phi) is 9.22. The van der Waals surface area contributed by atoms with Crippen molar-refractivity contribution in [3.05, 3.63) is 48.3 Å². The number of hydrogen-bond acceptors (Lipinski definition) is 7. The SMILES string of the molecule is NC(=O)CNC(=O)c1ccnc(NCCCNCCCOc2ccccc2)n1. The minimum atomic E-state index is -0.611. The molecule has 0 bridgehead atoms. The normalized spacial score (nSPS) is 10.3. The zero-order valence-electron chi connectivity index (χ0n) is 15.7. The maximum atomic E-state index is 11.8. The summed E-state index contributed by atoms with van der Waals surface area (Å²) in [5, 5.41) is 8.80. The summed E-state index contributed by atoms with van der Waals surface area (Å²) in [7, 11) is 0. The molecule has 2 amide bonds. The Morgan fingerprint density at radius 2 is 1.82 bits per heavy atom. The Hall–Kier alpha value is -3.20. The summed E-state index contributed by atoms with van der Waals surface area (Å²) in [6.45, 7) is 2.83. The Morgan fingerprint density at radius 3 is 2.61 bits per heavy atom. The fourth-order valence-electron chi connectivity index (χ4n) is 2.27. The molecule has 0 saturated carbocycles. The molecule has 9 heteroatoms. The minimum absolute atomic E-state index is 0.176. The first kappa shape index (κ1) is 21.1. The molecule has 0 atom stereocenters. The van der Waals surface area contributed by atoms with Crippen molar-refractivity contribution in [2.75, 3.05) is 38.1 Å². The molecule has 0 spiro atoms. The summed E-state index contributed by atoms with van der Waals surface area (Å²) >= 11 is 0. The van der Waals surface area contributed by atoms with Gasteiger partial charge in [-0.1, -0.05) is 18.2 Å². The van der Waals surface area contributed by atoms with E-state index in [2.05, 4.69) is 25.9 Å². The third kappa shape index (κ3) is 8.45. The summed E-state index contributed by atoms with van der Waals surface area (Å²) in [6, 6.07) is 11.2.